The number of nitrogens with zero attached hydrogens (tertiary/aromatic N) is 3. The summed E-state index contributed by atoms with van der Waals surface area (Å²) in [5.41, 5.74) is 0. The van der Waals surface area contributed by atoms with Crippen molar-refractivity contribution in [3.05, 3.63) is 11.7 Å². The first-order valence-corrected chi connectivity index (χ1v) is 5.07. The summed E-state index contributed by atoms with van der Waals surface area (Å²) in [6.45, 7) is 3.74. The summed E-state index contributed by atoms with van der Waals surface area (Å²) in [5, 5.41) is 6.45. The molecule has 2 heterocycles. The summed E-state index contributed by atoms with van der Waals surface area (Å²) in [7, 11) is 0. The van der Waals surface area contributed by atoms with Crippen molar-refractivity contribution in [2.45, 2.75) is 26.3 Å². The number of nitrogens with one attached hydrogen (secondary N) is 1. The smallest absolute Gasteiger partial charge is 0.317 e. The molecule has 0 unspecified atom stereocenters. The average Bonchev–Trinajstić information content (AvgIpc) is 2.84. The Labute approximate surface area is 87.6 Å². The van der Waals surface area contributed by atoms with E-state index in [2.05, 4.69) is 15.5 Å². The Hall–Kier alpha value is -1.59. The number of amides is 2. The molecule has 0 atom stereocenters. The lowest BCUT2D eigenvalue weighted by atomic mass is 10.4. The van der Waals surface area contributed by atoms with Crippen LogP contribution in [0.5, 0.6) is 0 Å². The van der Waals surface area contributed by atoms with Gasteiger partial charge in [0.25, 0.3) is 0 Å². The van der Waals surface area contributed by atoms with Gasteiger partial charge in [0.05, 0.1) is 6.54 Å². The first-order valence-electron chi connectivity index (χ1n) is 5.07. The van der Waals surface area contributed by atoms with Gasteiger partial charge in [0.1, 0.15) is 0 Å². The molecular weight excluding hydrogens is 196 g/mol. The van der Waals surface area contributed by atoms with Gasteiger partial charge in [-0.25, -0.2) is 4.79 Å². The molecule has 0 saturated carbocycles. The summed E-state index contributed by atoms with van der Waals surface area (Å²) in [4.78, 5) is 17.4. The van der Waals surface area contributed by atoms with Crippen LogP contribution in [0.25, 0.3) is 0 Å². The fourth-order valence-electron chi connectivity index (χ4n) is 1.60. The Morgan fingerprint density at radius 2 is 2.27 bits per heavy atom. The molecule has 82 valence electrons. The van der Waals surface area contributed by atoms with Crippen molar-refractivity contribution in [2.75, 3.05) is 13.1 Å². The van der Waals surface area contributed by atoms with Gasteiger partial charge in [-0.2, -0.15) is 4.98 Å². The molecule has 1 aromatic rings. The second-order valence-electron chi connectivity index (χ2n) is 3.58. The lowest BCUT2D eigenvalue weighted by molar-refractivity contribution is 0.208. The molecule has 1 N–H and O–H groups in total. The van der Waals surface area contributed by atoms with Crippen LogP contribution < -0.4 is 5.32 Å². The molecule has 0 aliphatic carbocycles. The maximum Gasteiger partial charge on any atom is 0.317 e. The minimum Gasteiger partial charge on any atom is -0.340 e. The van der Waals surface area contributed by atoms with Gasteiger partial charge in [0.15, 0.2) is 5.82 Å². The van der Waals surface area contributed by atoms with E-state index in [0.29, 0.717) is 18.3 Å². The van der Waals surface area contributed by atoms with Crippen LogP contribution in [0.4, 0.5) is 4.79 Å². The molecule has 0 aromatic carbocycles. The van der Waals surface area contributed by atoms with Gasteiger partial charge >= 0.3 is 6.03 Å². The molecule has 0 radical (unpaired) electrons. The van der Waals surface area contributed by atoms with Crippen molar-refractivity contribution >= 4 is 6.03 Å². The van der Waals surface area contributed by atoms with Crippen LogP contribution in [0.3, 0.4) is 0 Å². The second kappa shape index (κ2) is 4.29. The highest BCUT2D eigenvalue weighted by Crippen LogP contribution is 2.07. The van der Waals surface area contributed by atoms with E-state index in [1.165, 1.54) is 0 Å². The highest BCUT2D eigenvalue weighted by Gasteiger charge is 2.17. The lowest BCUT2D eigenvalue weighted by Crippen LogP contribution is -2.37. The van der Waals surface area contributed by atoms with E-state index in [0.717, 1.165) is 25.9 Å². The second-order valence-corrected chi connectivity index (χ2v) is 3.58. The zero-order valence-corrected chi connectivity index (χ0v) is 8.69. The predicted octanol–water partition coefficient (Wildman–Crippen LogP) is 0.683. The van der Waals surface area contributed by atoms with Gasteiger partial charge in [0.2, 0.25) is 5.89 Å². The number of hydrogen-bond acceptors (Lipinski definition) is 4. The van der Waals surface area contributed by atoms with Crippen molar-refractivity contribution in [3.8, 4) is 0 Å². The molecular formula is C9H14N4O2. The fourth-order valence-corrected chi connectivity index (χ4v) is 1.60. The third-order valence-electron chi connectivity index (χ3n) is 2.36. The Morgan fingerprint density at radius 3 is 2.87 bits per heavy atom. The van der Waals surface area contributed by atoms with Crippen molar-refractivity contribution in [1.82, 2.24) is 20.4 Å². The van der Waals surface area contributed by atoms with E-state index in [1.807, 2.05) is 0 Å². The summed E-state index contributed by atoms with van der Waals surface area (Å²) in [5.74, 6) is 1.03. The molecule has 0 spiro atoms. The normalized spacial score (nSPS) is 15.7. The van der Waals surface area contributed by atoms with Gasteiger partial charge < -0.3 is 14.7 Å². The van der Waals surface area contributed by atoms with Crippen molar-refractivity contribution in [1.29, 1.82) is 0 Å². The average molecular weight is 210 g/mol. The molecule has 1 saturated heterocycles. The molecule has 6 heteroatoms. The number of urea groups is 1. The number of carbonyl (C=O) groups excluding carboxylic acids is 1. The number of rotatable bonds is 2. The number of carbonyl (C=O) groups is 1. The van der Waals surface area contributed by atoms with Crippen LogP contribution in [0, 0.1) is 6.92 Å². The van der Waals surface area contributed by atoms with Gasteiger partial charge in [0, 0.05) is 20.0 Å². The molecule has 0 bridgehead atoms. The Balaban J connectivity index is 1.80. The van der Waals surface area contributed by atoms with Crippen LogP contribution in [0.15, 0.2) is 4.52 Å². The number of aryl methyl sites for hydroxylation is 1. The zero-order valence-electron chi connectivity index (χ0n) is 8.69. The molecule has 2 rings (SSSR count). The third kappa shape index (κ3) is 2.45. The molecule has 1 aromatic heterocycles. The van der Waals surface area contributed by atoms with E-state index in [4.69, 9.17) is 4.52 Å². The number of likely N-dealkylation sites (tertiary alicyclic amines) is 1. The van der Waals surface area contributed by atoms with Crippen LogP contribution in [0.1, 0.15) is 24.6 Å². The van der Waals surface area contributed by atoms with Crippen LogP contribution in [-0.4, -0.2) is 34.2 Å². The van der Waals surface area contributed by atoms with Gasteiger partial charge in [-0.3, -0.25) is 0 Å². The van der Waals surface area contributed by atoms with Crippen LogP contribution in [-0.2, 0) is 6.54 Å². The molecule has 1 fully saturated rings. The SMILES string of the molecule is Cc1nc(CNC(=O)N2CCCC2)no1. The summed E-state index contributed by atoms with van der Waals surface area (Å²) < 4.78 is 4.80. The molecule has 1 aliphatic heterocycles. The van der Waals surface area contributed by atoms with E-state index in [9.17, 15) is 4.79 Å². The standard InChI is InChI=1S/C9H14N4O2/c1-7-11-8(12-15-7)6-10-9(14)13-4-2-3-5-13/h2-6H2,1H3,(H,10,14). The first kappa shape index (κ1) is 9.95. The van der Waals surface area contributed by atoms with Crippen LogP contribution >= 0.6 is 0 Å². The van der Waals surface area contributed by atoms with Crippen molar-refractivity contribution < 1.29 is 9.32 Å². The quantitative estimate of drug-likeness (QED) is 0.779. The molecule has 15 heavy (non-hydrogen) atoms. The Bertz CT molecular complexity index is 344. The maximum absolute atomic E-state index is 11.6. The van der Waals surface area contributed by atoms with E-state index in [-0.39, 0.29) is 6.03 Å². The monoisotopic (exact) mass is 210 g/mol. The van der Waals surface area contributed by atoms with Gasteiger partial charge in [-0.1, -0.05) is 5.16 Å². The van der Waals surface area contributed by atoms with Crippen LogP contribution in [0.2, 0.25) is 0 Å². The number of aromatic nitrogens is 2. The van der Waals surface area contributed by atoms with E-state index >= 15 is 0 Å². The Kier molecular flexibility index (Phi) is 2.84. The van der Waals surface area contributed by atoms with E-state index in [1.54, 1.807) is 11.8 Å². The third-order valence-corrected chi connectivity index (χ3v) is 2.36. The zero-order chi connectivity index (χ0) is 10.7. The minimum atomic E-state index is -0.0463. The topological polar surface area (TPSA) is 71.3 Å². The van der Waals surface area contributed by atoms with Crippen molar-refractivity contribution in [2.24, 2.45) is 0 Å². The van der Waals surface area contributed by atoms with E-state index < -0.39 is 0 Å². The summed E-state index contributed by atoms with van der Waals surface area (Å²) >= 11 is 0. The number of hydrogen-bond donors (Lipinski definition) is 1. The highest BCUT2D eigenvalue weighted by atomic mass is 16.5. The summed E-state index contributed by atoms with van der Waals surface area (Å²) in [6.07, 6.45) is 2.18. The lowest BCUT2D eigenvalue weighted by Gasteiger charge is -2.14. The first-order chi connectivity index (χ1) is 7.25. The molecule has 1 aliphatic rings. The minimum absolute atomic E-state index is 0.0463. The molecule has 2 amide bonds. The molecule has 6 nitrogen and oxygen atoms in total. The predicted molar refractivity (Wildman–Crippen MR) is 52.1 cm³/mol. The maximum atomic E-state index is 11.6. The van der Waals surface area contributed by atoms with Gasteiger partial charge in [-0.05, 0) is 12.8 Å². The van der Waals surface area contributed by atoms with Gasteiger partial charge in [-0.15, -0.1) is 0 Å². The van der Waals surface area contributed by atoms with Crippen molar-refractivity contribution in [3.63, 3.8) is 0 Å². The fraction of sp³-hybridized carbons (Fsp3) is 0.667. The largest absolute Gasteiger partial charge is 0.340 e. The summed E-state index contributed by atoms with van der Waals surface area (Å²) in [6, 6.07) is -0.0463. The highest BCUT2D eigenvalue weighted by molar-refractivity contribution is 5.74. The Morgan fingerprint density at radius 1 is 1.53 bits per heavy atom.